The van der Waals surface area contributed by atoms with Gasteiger partial charge in [-0.25, -0.2) is 0 Å². The number of benzene rings is 2. The molecule has 3 rings (SSSR count). The lowest BCUT2D eigenvalue weighted by molar-refractivity contribution is 0.0742. The minimum absolute atomic E-state index is 0.362. The second-order valence-corrected chi connectivity index (χ2v) is 7.95. The lowest BCUT2D eigenvalue weighted by atomic mass is 9.88. The van der Waals surface area contributed by atoms with Gasteiger partial charge in [-0.1, -0.05) is 66.2 Å². The summed E-state index contributed by atoms with van der Waals surface area (Å²) in [6, 6.07) is 23.1. The molecule has 0 fully saturated rings. The molecular weight excluding hydrogens is 338 g/mol. The highest BCUT2D eigenvalue weighted by molar-refractivity contribution is 7.10. The highest BCUT2D eigenvalue weighted by Gasteiger charge is 2.32. The first-order valence-electron chi connectivity index (χ1n) is 9.19. The van der Waals surface area contributed by atoms with E-state index >= 15 is 0 Å². The van der Waals surface area contributed by atoms with Crippen molar-refractivity contribution in [3.05, 3.63) is 93.7 Å². The molecule has 3 heteroatoms. The number of aryl methyl sites for hydroxylation is 1. The second-order valence-electron chi connectivity index (χ2n) is 7.00. The fourth-order valence-electron chi connectivity index (χ4n) is 3.29. The predicted molar refractivity (Wildman–Crippen MR) is 111 cm³/mol. The molecule has 2 nitrogen and oxygen atoms in total. The van der Waals surface area contributed by atoms with Crippen LogP contribution < -0.4 is 5.32 Å². The number of hydrogen-bond acceptors (Lipinski definition) is 3. The first-order chi connectivity index (χ1) is 12.6. The van der Waals surface area contributed by atoms with Crippen molar-refractivity contribution in [3.63, 3.8) is 0 Å². The molecule has 0 radical (unpaired) electrons. The van der Waals surface area contributed by atoms with Crippen molar-refractivity contribution < 1.29 is 5.11 Å². The molecule has 0 aliphatic heterocycles. The Kier molecular flexibility index (Phi) is 6.25. The highest BCUT2D eigenvalue weighted by Crippen LogP contribution is 2.35. The van der Waals surface area contributed by atoms with Gasteiger partial charge in [0, 0.05) is 10.9 Å². The summed E-state index contributed by atoms with van der Waals surface area (Å²) in [5.41, 5.74) is 2.65. The van der Waals surface area contributed by atoms with Crippen molar-refractivity contribution in [2.75, 3.05) is 6.54 Å². The third kappa shape index (κ3) is 4.61. The fourth-order valence-corrected chi connectivity index (χ4v) is 4.16. The molecule has 0 bridgehead atoms. The molecule has 2 N–H and O–H groups in total. The first-order valence-corrected chi connectivity index (χ1v) is 10.1. The topological polar surface area (TPSA) is 32.3 Å². The van der Waals surface area contributed by atoms with Crippen molar-refractivity contribution in [2.45, 2.75) is 38.3 Å². The molecular formula is C23H27NOS. The lowest BCUT2D eigenvalue weighted by Gasteiger charge is -2.28. The third-order valence-corrected chi connectivity index (χ3v) is 5.84. The molecule has 136 valence electrons. The SMILES string of the molecule is Cc1ccc(CC(C)NCCC(O)(c2ccccc2)c2cccs2)cc1. The van der Waals surface area contributed by atoms with E-state index in [1.54, 1.807) is 11.3 Å². The van der Waals surface area contributed by atoms with Gasteiger partial charge in [-0.3, -0.25) is 0 Å². The number of hydrogen-bond donors (Lipinski definition) is 2. The summed E-state index contributed by atoms with van der Waals surface area (Å²) in [7, 11) is 0. The average molecular weight is 366 g/mol. The maximum atomic E-state index is 11.4. The van der Waals surface area contributed by atoms with E-state index in [0.29, 0.717) is 12.5 Å². The van der Waals surface area contributed by atoms with Crippen LogP contribution in [0, 0.1) is 6.92 Å². The van der Waals surface area contributed by atoms with Crippen LogP contribution in [0.5, 0.6) is 0 Å². The van der Waals surface area contributed by atoms with Gasteiger partial charge in [0.25, 0.3) is 0 Å². The Morgan fingerprint density at radius 3 is 2.38 bits per heavy atom. The molecule has 0 aliphatic rings. The molecule has 2 aromatic carbocycles. The van der Waals surface area contributed by atoms with Crippen LogP contribution in [-0.2, 0) is 12.0 Å². The van der Waals surface area contributed by atoms with Gasteiger partial charge in [0.15, 0.2) is 0 Å². The fraction of sp³-hybridized carbons (Fsp3) is 0.304. The Morgan fingerprint density at radius 2 is 1.73 bits per heavy atom. The largest absolute Gasteiger partial charge is 0.379 e. The summed E-state index contributed by atoms with van der Waals surface area (Å²) >= 11 is 1.61. The van der Waals surface area contributed by atoms with Crippen LogP contribution in [0.2, 0.25) is 0 Å². The van der Waals surface area contributed by atoms with Crippen molar-refractivity contribution >= 4 is 11.3 Å². The molecule has 2 atom stereocenters. The molecule has 0 saturated carbocycles. The van der Waals surface area contributed by atoms with E-state index in [1.165, 1.54) is 11.1 Å². The zero-order valence-corrected chi connectivity index (χ0v) is 16.3. The number of thiophene rings is 1. The highest BCUT2D eigenvalue weighted by atomic mass is 32.1. The number of rotatable bonds is 8. The second kappa shape index (κ2) is 8.63. The Labute approximate surface area is 160 Å². The van der Waals surface area contributed by atoms with E-state index in [1.807, 2.05) is 47.8 Å². The van der Waals surface area contributed by atoms with Gasteiger partial charge in [0.05, 0.1) is 0 Å². The monoisotopic (exact) mass is 365 g/mol. The van der Waals surface area contributed by atoms with E-state index in [4.69, 9.17) is 0 Å². The lowest BCUT2D eigenvalue weighted by Crippen LogP contribution is -2.35. The molecule has 0 spiro atoms. The minimum Gasteiger partial charge on any atom is -0.379 e. The van der Waals surface area contributed by atoms with E-state index < -0.39 is 5.60 Å². The first kappa shape index (κ1) is 18.8. The van der Waals surface area contributed by atoms with Gasteiger partial charge < -0.3 is 10.4 Å². The molecule has 2 unspecified atom stereocenters. The predicted octanol–water partition coefficient (Wildman–Crippen LogP) is 4.90. The van der Waals surface area contributed by atoms with Crippen molar-refractivity contribution in [3.8, 4) is 0 Å². The van der Waals surface area contributed by atoms with Crippen molar-refractivity contribution in [1.82, 2.24) is 5.32 Å². The van der Waals surface area contributed by atoms with E-state index in [9.17, 15) is 5.11 Å². The molecule has 0 amide bonds. The standard InChI is InChI=1S/C23H27NOS/c1-18-10-12-20(13-11-18)17-19(2)24-15-14-23(25,22-9-6-16-26-22)21-7-4-3-5-8-21/h3-13,16,19,24-25H,14-15,17H2,1-2H3. The maximum absolute atomic E-state index is 11.4. The van der Waals surface area contributed by atoms with Gasteiger partial charge in [-0.05, 0) is 55.8 Å². The van der Waals surface area contributed by atoms with E-state index in [2.05, 4.69) is 43.4 Å². The summed E-state index contributed by atoms with van der Waals surface area (Å²) in [5, 5.41) is 17.0. The number of nitrogens with one attached hydrogen (secondary N) is 1. The minimum atomic E-state index is -0.938. The van der Waals surface area contributed by atoms with Crippen LogP contribution >= 0.6 is 11.3 Å². The molecule has 26 heavy (non-hydrogen) atoms. The van der Waals surface area contributed by atoms with Crippen LogP contribution in [0.15, 0.2) is 72.1 Å². The summed E-state index contributed by atoms with van der Waals surface area (Å²) < 4.78 is 0. The van der Waals surface area contributed by atoms with Crippen LogP contribution in [0.1, 0.15) is 34.9 Å². The van der Waals surface area contributed by atoms with Crippen LogP contribution in [-0.4, -0.2) is 17.7 Å². The Bertz CT molecular complexity index is 783. The van der Waals surface area contributed by atoms with Crippen LogP contribution in [0.4, 0.5) is 0 Å². The smallest absolute Gasteiger partial charge is 0.125 e. The Balaban J connectivity index is 1.62. The summed E-state index contributed by atoms with van der Waals surface area (Å²) in [5.74, 6) is 0. The van der Waals surface area contributed by atoms with Gasteiger partial charge in [-0.15, -0.1) is 11.3 Å². The molecule has 0 saturated heterocycles. The van der Waals surface area contributed by atoms with Gasteiger partial charge in [0.1, 0.15) is 5.60 Å². The molecule has 0 aliphatic carbocycles. The van der Waals surface area contributed by atoms with Gasteiger partial charge in [0.2, 0.25) is 0 Å². The quantitative estimate of drug-likeness (QED) is 0.595. The van der Waals surface area contributed by atoms with Crippen LogP contribution in [0.3, 0.4) is 0 Å². The third-order valence-electron chi connectivity index (χ3n) is 4.82. The summed E-state index contributed by atoms with van der Waals surface area (Å²) in [6.45, 7) is 5.07. The van der Waals surface area contributed by atoms with Crippen molar-refractivity contribution in [2.24, 2.45) is 0 Å². The van der Waals surface area contributed by atoms with Crippen LogP contribution in [0.25, 0.3) is 0 Å². The van der Waals surface area contributed by atoms with Gasteiger partial charge >= 0.3 is 0 Å². The summed E-state index contributed by atoms with van der Waals surface area (Å²) in [4.78, 5) is 0.997. The van der Waals surface area contributed by atoms with Crippen molar-refractivity contribution in [1.29, 1.82) is 0 Å². The molecule has 1 aromatic heterocycles. The average Bonchev–Trinajstić information content (AvgIpc) is 3.20. The number of aliphatic hydroxyl groups is 1. The normalized spacial score (nSPS) is 14.7. The Hall–Kier alpha value is -1.94. The van der Waals surface area contributed by atoms with E-state index in [0.717, 1.165) is 23.4 Å². The van der Waals surface area contributed by atoms with Gasteiger partial charge in [-0.2, -0.15) is 0 Å². The summed E-state index contributed by atoms with van der Waals surface area (Å²) in [6.07, 6.45) is 1.64. The molecule has 3 aromatic rings. The maximum Gasteiger partial charge on any atom is 0.125 e. The Morgan fingerprint density at radius 1 is 1.00 bits per heavy atom. The zero-order chi connectivity index (χ0) is 18.4. The van der Waals surface area contributed by atoms with E-state index in [-0.39, 0.29) is 0 Å². The molecule has 1 heterocycles. The zero-order valence-electron chi connectivity index (χ0n) is 15.5.